The molecule has 0 radical (unpaired) electrons. The summed E-state index contributed by atoms with van der Waals surface area (Å²) in [5.41, 5.74) is 0.976. The summed E-state index contributed by atoms with van der Waals surface area (Å²) < 4.78 is 35.8. The van der Waals surface area contributed by atoms with Gasteiger partial charge in [0, 0.05) is 29.6 Å². The molecular formula is C23H25FN4O5. The highest BCUT2D eigenvalue weighted by Crippen LogP contribution is 2.40. The monoisotopic (exact) mass is 456 g/mol. The van der Waals surface area contributed by atoms with Crippen LogP contribution in [0.4, 0.5) is 21.7 Å². The molecule has 0 fully saturated rings. The van der Waals surface area contributed by atoms with E-state index in [1.54, 1.807) is 30.3 Å². The second-order valence-corrected chi connectivity index (χ2v) is 6.21. The van der Waals surface area contributed by atoms with Crippen molar-refractivity contribution in [2.75, 3.05) is 32.0 Å². The number of carbonyl (C=O) groups excluding carboxylic acids is 1. The minimum absolute atomic E-state index is 0. The first-order valence-electron chi connectivity index (χ1n) is 9.28. The SMILES string of the molecule is C.C=CC(=O)Nc1cccc(Oc2nc(Nc3cc(OC)c(OC)c(OC)c3)ncc2F)c1. The van der Waals surface area contributed by atoms with Crippen molar-refractivity contribution in [2.45, 2.75) is 7.43 Å². The minimum atomic E-state index is -0.763. The van der Waals surface area contributed by atoms with Gasteiger partial charge in [0.15, 0.2) is 11.5 Å². The molecule has 1 aromatic heterocycles. The van der Waals surface area contributed by atoms with Crippen molar-refractivity contribution in [2.24, 2.45) is 0 Å². The lowest BCUT2D eigenvalue weighted by molar-refractivity contribution is -0.111. The number of amides is 1. The van der Waals surface area contributed by atoms with E-state index in [4.69, 9.17) is 18.9 Å². The number of hydrogen-bond donors (Lipinski definition) is 2. The molecule has 33 heavy (non-hydrogen) atoms. The molecule has 1 heterocycles. The van der Waals surface area contributed by atoms with Gasteiger partial charge >= 0.3 is 0 Å². The number of hydrogen-bond acceptors (Lipinski definition) is 8. The van der Waals surface area contributed by atoms with Gasteiger partial charge in [-0.1, -0.05) is 20.1 Å². The maximum atomic E-state index is 14.3. The Labute approximate surface area is 191 Å². The fraction of sp³-hybridized carbons (Fsp3) is 0.174. The van der Waals surface area contributed by atoms with Crippen LogP contribution in [0.5, 0.6) is 28.9 Å². The molecule has 9 nitrogen and oxygen atoms in total. The van der Waals surface area contributed by atoms with E-state index in [1.807, 2.05) is 0 Å². The summed E-state index contributed by atoms with van der Waals surface area (Å²) in [5.74, 6) is 0.163. The van der Waals surface area contributed by atoms with Gasteiger partial charge in [-0.25, -0.2) is 4.98 Å². The lowest BCUT2D eigenvalue weighted by Crippen LogP contribution is -2.07. The summed E-state index contributed by atoms with van der Waals surface area (Å²) in [4.78, 5) is 19.5. The van der Waals surface area contributed by atoms with E-state index < -0.39 is 5.82 Å². The zero-order valence-electron chi connectivity index (χ0n) is 17.6. The van der Waals surface area contributed by atoms with Crippen molar-refractivity contribution < 1.29 is 28.1 Å². The van der Waals surface area contributed by atoms with Crippen LogP contribution in [0.25, 0.3) is 0 Å². The van der Waals surface area contributed by atoms with Gasteiger partial charge in [-0.05, 0) is 18.2 Å². The molecule has 0 atom stereocenters. The van der Waals surface area contributed by atoms with Crippen LogP contribution in [0.15, 0.2) is 55.3 Å². The van der Waals surface area contributed by atoms with Gasteiger partial charge in [0.1, 0.15) is 5.75 Å². The molecule has 2 aromatic carbocycles. The maximum Gasteiger partial charge on any atom is 0.260 e. The van der Waals surface area contributed by atoms with Crippen molar-refractivity contribution in [1.82, 2.24) is 9.97 Å². The predicted molar refractivity (Wildman–Crippen MR) is 123 cm³/mol. The molecule has 10 heteroatoms. The van der Waals surface area contributed by atoms with Crippen LogP contribution in [-0.4, -0.2) is 37.2 Å². The van der Waals surface area contributed by atoms with Crippen LogP contribution in [0, 0.1) is 5.82 Å². The van der Waals surface area contributed by atoms with E-state index >= 15 is 0 Å². The van der Waals surface area contributed by atoms with Crippen molar-refractivity contribution in [1.29, 1.82) is 0 Å². The molecule has 0 aliphatic rings. The molecule has 0 saturated heterocycles. The third-order valence-electron chi connectivity index (χ3n) is 4.13. The average Bonchev–Trinajstić information content (AvgIpc) is 2.80. The zero-order valence-corrected chi connectivity index (χ0v) is 17.6. The Kier molecular flexibility index (Phi) is 8.56. The molecule has 1 amide bonds. The number of methoxy groups -OCH3 is 3. The summed E-state index contributed by atoms with van der Waals surface area (Å²) in [6, 6.07) is 9.72. The summed E-state index contributed by atoms with van der Waals surface area (Å²) in [6.45, 7) is 3.39. The van der Waals surface area contributed by atoms with E-state index in [9.17, 15) is 9.18 Å². The maximum absolute atomic E-state index is 14.3. The largest absolute Gasteiger partial charge is 0.493 e. The quantitative estimate of drug-likeness (QED) is 0.437. The van der Waals surface area contributed by atoms with Gasteiger partial charge in [0.05, 0.1) is 27.5 Å². The number of halogens is 1. The van der Waals surface area contributed by atoms with Crippen LogP contribution >= 0.6 is 0 Å². The Morgan fingerprint density at radius 1 is 1.06 bits per heavy atom. The standard InChI is InChI=1S/C22H21FN4O5.CH4/c1-5-19(28)25-13-7-6-8-15(9-13)32-21-16(23)12-24-22(27-21)26-14-10-17(29-2)20(31-4)18(11-14)30-3;/h5-12H,1H2,2-4H3,(H,25,28)(H,24,26,27);1H4. The molecule has 3 aromatic rings. The number of aromatic nitrogens is 2. The second-order valence-electron chi connectivity index (χ2n) is 6.21. The molecule has 0 saturated carbocycles. The van der Waals surface area contributed by atoms with E-state index in [0.717, 1.165) is 12.3 Å². The molecule has 3 rings (SSSR count). The van der Waals surface area contributed by atoms with Crippen molar-refractivity contribution in [3.05, 3.63) is 61.1 Å². The number of anilines is 3. The Hall–Kier alpha value is -4.34. The number of benzene rings is 2. The smallest absolute Gasteiger partial charge is 0.260 e. The molecule has 0 bridgehead atoms. The summed E-state index contributed by atoms with van der Waals surface area (Å²) in [7, 11) is 4.48. The molecule has 174 valence electrons. The zero-order chi connectivity index (χ0) is 23.1. The van der Waals surface area contributed by atoms with Crippen LogP contribution in [-0.2, 0) is 4.79 Å². The fourth-order valence-corrected chi connectivity index (χ4v) is 2.71. The van der Waals surface area contributed by atoms with Crippen LogP contribution < -0.4 is 29.6 Å². The van der Waals surface area contributed by atoms with Gasteiger partial charge in [-0.3, -0.25) is 4.79 Å². The van der Waals surface area contributed by atoms with Crippen LogP contribution in [0.3, 0.4) is 0 Å². The molecular weight excluding hydrogens is 431 g/mol. The first kappa shape index (κ1) is 24.9. The lowest BCUT2D eigenvalue weighted by atomic mass is 10.2. The summed E-state index contributed by atoms with van der Waals surface area (Å²) in [5, 5.41) is 5.55. The van der Waals surface area contributed by atoms with E-state index in [0.29, 0.717) is 28.6 Å². The van der Waals surface area contributed by atoms with Gasteiger partial charge in [-0.15, -0.1) is 0 Å². The number of nitrogens with one attached hydrogen (secondary N) is 2. The topological polar surface area (TPSA) is 104 Å². The average molecular weight is 456 g/mol. The number of nitrogens with zero attached hydrogens (tertiary/aromatic N) is 2. The molecule has 0 spiro atoms. The Balaban J connectivity index is 0.00000385. The van der Waals surface area contributed by atoms with Gasteiger partial charge in [0.2, 0.25) is 23.4 Å². The summed E-state index contributed by atoms with van der Waals surface area (Å²) >= 11 is 0. The van der Waals surface area contributed by atoms with E-state index in [2.05, 4.69) is 27.2 Å². The highest BCUT2D eigenvalue weighted by molar-refractivity contribution is 5.98. The molecule has 0 aliphatic carbocycles. The number of rotatable bonds is 9. The second kappa shape index (κ2) is 11.3. The van der Waals surface area contributed by atoms with Crippen LogP contribution in [0.1, 0.15) is 7.43 Å². The fourth-order valence-electron chi connectivity index (χ4n) is 2.71. The highest BCUT2D eigenvalue weighted by atomic mass is 19.1. The van der Waals surface area contributed by atoms with Crippen molar-refractivity contribution in [3.8, 4) is 28.9 Å². The predicted octanol–water partition coefficient (Wildman–Crippen LogP) is 4.94. The third-order valence-corrected chi connectivity index (χ3v) is 4.13. The Morgan fingerprint density at radius 3 is 2.36 bits per heavy atom. The highest BCUT2D eigenvalue weighted by Gasteiger charge is 2.15. The minimum Gasteiger partial charge on any atom is -0.493 e. The van der Waals surface area contributed by atoms with Crippen molar-refractivity contribution in [3.63, 3.8) is 0 Å². The number of ether oxygens (including phenoxy) is 4. The Morgan fingerprint density at radius 2 is 1.76 bits per heavy atom. The van der Waals surface area contributed by atoms with Crippen LogP contribution in [0.2, 0.25) is 0 Å². The van der Waals surface area contributed by atoms with Gasteiger partial charge in [0.25, 0.3) is 5.88 Å². The normalized spacial score (nSPS) is 9.82. The molecule has 0 aliphatic heterocycles. The number of carbonyl (C=O) groups is 1. The molecule has 2 N–H and O–H groups in total. The lowest BCUT2D eigenvalue weighted by Gasteiger charge is -2.15. The van der Waals surface area contributed by atoms with Gasteiger partial charge < -0.3 is 29.6 Å². The van der Waals surface area contributed by atoms with E-state index in [-0.39, 0.29) is 30.9 Å². The summed E-state index contributed by atoms with van der Waals surface area (Å²) in [6.07, 6.45) is 2.12. The first-order chi connectivity index (χ1) is 15.5. The third kappa shape index (κ3) is 6.10. The van der Waals surface area contributed by atoms with E-state index in [1.165, 1.54) is 27.4 Å². The van der Waals surface area contributed by atoms with Gasteiger partial charge in [-0.2, -0.15) is 9.37 Å². The molecule has 0 unspecified atom stereocenters. The Bertz CT molecular complexity index is 1110. The van der Waals surface area contributed by atoms with Crippen molar-refractivity contribution >= 4 is 23.2 Å². The first-order valence-corrected chi connectivity index (χ1v) is 9.28.